The molecule has 1 atom stereocenters. The van der Waals surface area contributed by atoms with E-state index in [2.05, 4.69) is 21.2 Å². The first-order valence-corrected chi connectivity index (χ1v) is 7.20. The molecule has 0 saturated heterocycles. The van der Waals surface area contributed by atoms with Crippen LogP contribution >= 0.6 is 27.5 Å². The summed E-state index contributed by atoms with van der Waals surface area (Å²) in [5, 5.41) is 3.43. The average Bonchev–Trinajstić information content (AvgIpc) is 2.43. The summed E-state index contributed by atoms with van der Waals surface area (Å²) in [5.74, 6) is -1.23. The van der Waals surface area contributed by atoms with Gasteiger partial charge in [-0.3, -0.25) is 0 Å². The molecule has 0 aliphatic heterocycles. The van der Waals surface area contributed by atoms with Crippen LogP contribution in [0.2, 0.25) is 5.02 Å². The fourth-order valence-electron chi connectivity index (χ4n) is 2.16. The number of hydrogen-bond donors (Lipinski definition) is 1. The molecule has 2 aromatic carbocycles. The summed E-state index contributed by atoms with van der Waals surface area (Å²) in [6.45, 7) is 1.85. The monoisotopic (exact) mass is 359 g/mol. The largest absolute Gasteiger partial charge is 0.309 e. The second-order valence-electron chi connectivity index (χ2n) is 4.46. The van der Waals surface area contributed by atoms with Gasteiger partial charge in [0, 0.05) is 10.6 Å². The van der Waals surface area contributed by atoms with Gasteiger partial charge in [0.15, 0.2) is 0 Å². The Balaban J connectivity index is 2.65. The maximum absolute atomic E-state index is 14.2. The van der Waals surface area contributed by atoms with Gasteiger partial charge >= 0.3 is 0 Å². The number of hydrogen-bond acceptors (Lipinski definition) is 1. The molecule has 0 saturated carbocycles. The topological polar surface area (TPSA) is 12.0 Å². The smallest absolute Gasteiger partial charge is 0.145 e. The lowest BCUT2D eigenvalue weighted by Gasteiger charge is -2.21. The molecule has 0 spiro atoms. The number of benzene rings is 2. The number of rotatable bonds is 3. The predicted molar refractivity (Wildman–Crippen MR) is 81.1 cm³/mol. The summed E-state index contributed by atoms with van der Waals surface area (Å²) in [4.78, 5) is 0. The van der Waals surface area contributed by atoms with Gasteiger partial charge < -0.3 is 5.32 Å². The predicted octanol–water partition coefficient (Wildman–Crippen LogP) is 5.00. The Kier molecular flexibility index (Phi) is 4.78. The van der Waals surface area contributed by atoms with Gasteiger partial charge in [-0.2, -0.15) is 0 Å². The van der Waals surface area contributed by atoms with Crippen molar-refractivity contribution in [3.63, 3.8) is 0 Å². The van der Waals surface area contributed by atoms with E-state index in [1.54, 1.807) is 13.1 Å². The molecule has 20 heavy (non-hydrogen) atoms. The third kappa shape index (κ3) is 2.73. The van der Waals surface area contributed by atoms with Crippen LogP contribution in [0.1, 0.15) is 22.7 Å². The maximum atomic E-state index is 14.2. The van der Waals surface area contributed by atoms with Crippen LogP contribution in [-0.4, -0.2) is 7.05 Å². The highest BCUT2D eigenvalue weighted by Crippen LogP contribution is 2.34. The van der Waals surface area contributed by atoms with Crippen molar-refractivity contribution in [1.29, 1.82) is 0 Å². The zero-order valence-electron chi connectivity index (χ0n) is 11.0. The highest BCUT2D eigenvalue weighted by Gasteiger charge is 2.24. The first-order chi connectivity index (χ1) is 9.47. The van der Waals surface area contributed by atoms with Crippen LogP contribution in [0.15, 0.2) is 34.8 Å². The maximum Gasteiger partial charge on any atom is 0.145 e. The Hall–Kier alpha value is -0.970. The van der Waals surface area contributed by atoms with Crippen molar-refractivity contribution in [2.24, 2.45) is 0 Å². The van der Waals surface area contributed by atoms with Gasteiger partial charge in [-0.15, -0.1) is 0 Å². The molecule has 0 aromatic heterocycles. The average molecular weight is 361 g/mol. The van der Waals surface area contributed by atoms with Gasteiger partial charge in [-0.25, -0.2) is 8.78 Å². The quantitative estimate of drug-likeness (QED) is 0.760. The van der Waals surface area contributed by atoms with Crippen LogP contribution < -0.4 is 5.32 Å². The van der Waals surface area contributed by atoms with Crippen molar-refractivity contribution in [2.45, 2.75) is 13.0 Å². The van der Waals surface area contributed by atoms with Gasteiger partial charge in [0.2, 0.25) is 0 Å². The molecule has 0 amide bonds. The summed E-state index contributed by atoms with van der Waals surface area (Å²) in [7, 11) is 1.64. The van der Waals surface area contributed by atoms with E-state index in [0.29, 0.717) is 10.6 Å². The summed E-state index contributed by atoms with van der Waals surface area (Å²) >= 11 is 9.35. The fraction of sp³-hybridized carbons (Fsp3) is 0.200. The van der Waals surface area contributed by atoms with E-state index in [1.165, 1.54) is 12.1 Å². The van der Waals surface area contributed by atoms with Crippen molar-refractivity contribution in [3.8, 4) is 0 Å². The standard InChI is InChI=1S/C15H13BrClF2N/c1-8-4-3-5-9(13(8)17)15(20-2)12-11(18)7-6-10(16)14(12)19/h3-7,15,20H,1-2H3. The van der Waals surface area contributed by atoms with E-state index in [-0.39, 0.29) is 10.0 Å². The van der Waals surface area contributed by atoms with Crippen molar-refractivity contribution in [1.82, 2.24) is 5.32 Å². The second-order valence-corrected chi connectivity index (χ2v) is 5.69. The van der Waals surface area contributed by atoms with Crippen LogP contribution in [0, 0.1) is 18.6 Å². The molecule has 0 radical (unpaired) electrons. The Labute approximate surface area is 130 Å². The van der Waals surface area contributed by atoms with Crippen LogP contribution in [-0.2, 0) is 0 Å². The summed E-state index contributed by atoms with van der Waals surface area (Å²) in [6, 6.07) is 7.35. The van der Waals surface area contributed by atoms with E-state index in [0.717, 1.165) is 5.56 Å². The molecule has 5 heteroatoms. The van der Waals surface area contributed by atoms with Crippen molar-refractivity contribution >= 4 is 27.5 Å². The Morgan fingerprint density at radius 1 is 1.20 bits per heavy atom. The van der Waals surface area contributed by atoms with Crippen molar-refractivity contribution in [2.75, 3.05) is 7.05 Å². The third-order valence-corrected chi connectivity index (χ3v) is 4.32. The van der Waals surface area contributed by atoms with Crippen LogP contribution in [0.3, 0.4) is 0 Å². The zero-order valence-corrected chi connectivity index (χ0v) is 13.3. The van der Waals surface area contributed by atoms with Crippen molar-refractivity contribution < 1.29 is 8.78 Å². The SMILES string of the molecule is CNC(c1cccc(C)c1Cl)c1c(F)ccc(Br)c1F. The Morgan fingerprint density at radius 2 is 1.90 bits per heavy atom. The summed E-state index contributed by atoms with van der Waals surface area (Å²) < 4.78 is 28.5. The Morgan fingerprint density at radius 3 is 2.55 bits per heavy atom. The number of nitrogens with one attached hydrogen (secondary N) is 1. The molecular weight excluding hydrogens is 348 g/mol. The van der Waals surface area contributed by atoms with Gasteiger partial charge in [0.25, 0.3) is 0 Å². The number of halogens is 4. The lowest BCUT2D eigenvalue weighted by Crippen LogP contribution is -2.21. The highest BCUT2D eigenvalue weighted by atomic mass is 79.9. The molecule has 106 valence electrons. The fourth-order valence-corrected chi connectivity index (χ4v) is 2.74. The molecule has 2 aromatic rings. The van der Waals surface area contributed by atoms with E-state index in [1.807, 2.05) is 19.1 Å². The minimum Gasteiger partial charge on any atom is -0.309 e. The van der Waals surface area contributed by atoms with Gasteiger partial charge in [0.05, 0.1) is 10.5 Å². The first-order valence-electron chi connectivity index (χ1n) is 6.03. The molecule has 1 unspecified atom stereocenters. The second kappa shape index (κ2) is 6.20. The summed E-state index contributed by atoms with van der Waals surface area (Å²) in [6.07, 6.45) is 0. The molecule has 1 N–H and O–H groups in total. The molecule has 0 heterocycles. The Bertz CT molecular complexity index is 646. The van der Waals surface area contributed by atoms with Gasteiger partial charge in [0.1, 0.15) is 11.6 Å². The van der Waals surface area contributed by atoms with Crippen LogP contribution in [0.25, 0.3) is 0 Å². The highest BCUT2D eigenvalue weighted by molar-refractivity contribution is 9.10. The molecule has 2 rings (SSSR count). The molecule has 0 fully saturated rings. The van der Waals surface area contributed by atoms with Gasteiger partial charge in [-0.1, -0.05) is 29.8 Å². The first kappa shape index (κ1) is 15.4. The van der Waals surface area contributed by atoms with Gasteiger partial charge in [-0.05, 0) is 53.2 Å². The molecule has 0 bridgehead atoms. The zero-order chi connectivity index (χ0) is 14.9. The van der Waals surface area contributed by atoms with Crippen molar-refractivity contribution in [3.05, 3.63) is 68.2 Å². The molecule has 1 nitrogen and oxygen atoms in total. The van der Waals surface area contributed by atoms with E-state index >= 15 is 0 Å². The third-order valence-electron chi connectivity index (χ3n) is 3.19. The molecule has 0 aliphatic rings. The molecular formula is C15H13BrClF2N. The van der Waals surface area contributed by atoms with Crippen LogP contribution in [0.5, 0.6) is 0 Å². The number of aryl methyl sites for hydroxylation is 1. The van der Waals surface area contributed by atoms with E-state index in [4.69, 9.17) is 11.6 Å². The van der Waals surface area contributed by atoms with E-state index < -0.39 is 17.7 Å². The minimum atomic E-state index is -0.653. The van der Waals surface area contributed by atoms with E-state index in [9.17, 15) is 8.78 Å². The lowest BCUT2D eigenvalue weighted by molar-refractivity contribution is 0.518. The normalized spacial score (nSPS) is 12.5. The summed E-state index contributed by atoms with van der Waals surface area (Å²) in [5.41, 5.74) is 1.46. The lowest BCUT2D eigenvalue weighted by atomic mass is 9.96. The minimum absolute atomic E-state index is 0.0469. The molecule has 0 aliphatic carbocycles. The van der Waals surface area contributed by atoms with Crippen LogP contribution in [0.4, 0.5) is 8.78 Å².